The molecule has 22 heavy (non-hydrogen) atoms. The molecular formula is C18H28ClNO2. The summed E-state index contributed by atoms with van der Waals surface area (Å²) in [6, 6.07) is 7.26. The molecule has 0 fully saturated rings. The summed E-state index contributed by atoms with van der Waals surface area (Å²) >= 11 is 5.81. The number of hydrogen-bond acceptors (Lipinski definition) is 2. The Labute approximate surface area is 139 Å². The van der Waals surface area contributed by atoms with Crippen LogP contribution in [0.2, 0.25) is 5.02 Å². The number of unbranched alkanes of at least 4 members (excludes halogenated alkanes) is 1. The molecular weight excluding hydrogens is 298 g/mol. The number of carbonyl (C=O) groups is 1. The van der Waals surface area contributed by atoms with Gasteiger partial charge in [0.25, 0.3) is 0 Å². The maximum atomic E-state index is 11.8. The van der Waals surface area contributed by atoms with E-state index in [4.69, 9.17) is 16.3 Å². The first-order valence-electron chi connectivity index (χ1n) is 8.30. The van der Waals surface area contributed by atoms with E-state index >= 15 is 0 Å². The Kier molecular flexibility index (Phi) is 9.72. The van der Waals surface area contributed by atoms with Crippen molar-refractivity contribution in [3.05, 3.63) is 29.3 Å². The van der Waals surface area contributed by atoms with Gasteiger partial charge in [0.15, 0.2) is 0 Å². The lowest BCUT2D eigenvalue weighted by Crippen LogP contribution is -2.29. The highest BCUT2D eigenvalue weighted by Gasteiger charge is 2.08. The van der Waals surface area contributed by atoms with Crippen LogP contribution in [0.25, 0.3) is 0 Å². The van der Waals surface area contributed by atoms with Crippen LogP contribution < -0.4 is 10.1 Å². The molecule has 1 aromatic carbocycles. The van der Waals surface area contributed by atoms with Gasteiger partial charge in [-0.1, -0.05) is 44.7 Å². The maximum absolute atomic E-state index is 11.8. The number of carbonyl (C=O) groups excluding carboxylic acids is 1. The number of amides is 1. The first kappa shape index (κ1) is 18.8. The van der Waals surface area contributed by atoms with Gasteiger partial charge in [-0.15, -0.1) is 0 Å². The number of hydrogen-bond donors (Lipinski definition) is 1. The zero-order valence-corrected chi connectivity index (χ0v) is 14.5. The van der Waals surface area contributed by atoms with Crippen LogP contribution in [-0.2, 0) is 4.79 Å². The van der Waals surface area contributed by atoms with Gasteiger partial charge in [0.1, 0.15) is 5.75 Å². The first-order chi connectivity index (χ1) is 10.7. The average Bonchev–Trinajstić information content (AvgIpc) is 2.53. The number of benzene rings is 1. The molecule has 0 spiro atoms. The second kappa shape index (κ2) is 11.4. The van der Waals surface area contributed by atoms with Gasteiger partial charge >= 0.3 is 0 Å². The van der Waals surface area contributed by atoms with Crippen LogP contribution in [-0.4, -0.2) is 19.1 Å². The molecule has 1 N–H and O–H groups in total. The van der Waals surface area contributed by atoms with Crippen molar-refractivity contribution in [2.75, 3.05) is 13.2 Å². The van der Waals surface area contributed by atoms with Crippen LogP contribution in [0.3, 0.4) is 0 Å². The highest BCUT2D eigenvalue weighted by Crippen LogP contribution is 2.15. The molecule has 1 amide bonds. The molecule has 0 aromatic heterocycles. The van der Waals surface area contributed by atoms with Crippen molar-refractivity contribution in [1.29, 1.82) is 0 Å². The third-order valence-corrected chi connectivity index (χ3v) is 4.01. The number of halogens is 1. The largest absolute Gasteiger partial charge is 0.494 e. The van der Waals surface area contributed by atoms with Gasteiger partial charge in [0, 0.05) is 18.0 Å². The molecule has 0 heterocycles. The standard InChI is InChI=1S/C18H28ClNO2/c1-3-5-7-15(4-2)14-20-18(21)8-6-13-22-17-11-9-16(19)10-12-17/h9-12,15H,3-8,13-14H2,1-2H3,(H,20,21)/t15-/m0/s1. The lowest BCUT2D eigenvalue weighted by Gasteiger charge is -2.15. The van der Waals surface area contributed by atoms with Crippen molar-refractivity contribution in [1.82, 2.24) is 5.32 Å². The third kappa shape index (κ3) is 8.28. The van der Waals surface area contributed by atoms with E-state index in [1.165, 1.54) is 19.3 Å². The van der Waals surface area contributed by atoms with E-state index in [9.17, 15) is 4.79 Å². The van der Waals surface area contributed by atoms with Crippen molar-refractivity contribution >= 4 is 17.5 Å². The Morgan fingerprint density at radius 2 is 1.95 bits per heavy atom. The Bertz CT molecular complexity index is 420. The van der Waals surface area contributed by atoms with Crippen LogP contribution in [0, 0.1) is 5.92 Å². The van der Waals surface area contributed by atoms with Crippen molar-refractivity contribution in [3.8, 4) is 5.75 Å². The highest BCUT2D eigenvalue weighted by molar-refractivity contribution is 6.30. The zero-order chi connectivity index (χ0) is 16.2. The lowest BCUT2D eigenvalue weighted by molar-refractivity contribution is -0.121. The second-order valence-electron chi connectivity index (χ2n) is 5.63. The molecule has 1 atom stereocenters. The summed E-state index contributed by atoms with van der Waals surface area (Å²) in [5.74, 6) is 1.51. The predicted octanol–water partition coefficient (Wildman–Crippen LogP) is 4.83. The molecule has 0 aliphatic rings. The number of nitrogens with one attached hydrogen (secondary N) is 1. The molecule has 0 unspecified atom stereocenters. The summed E-state index contributed by atoms with van der Waals surface area (Å²) in [4.78, 5) is 11.8. The molecule has 124 valence electrons. The van der Waals surface area contributed by atoms with Crippen molar-refractivity contribution in [2.45, 2.75) is 52.4 Å². The molecule has 0 radical (unpaired) electrons. The van der Waals surface area contributed by atoms with Gasteiger partial charge in [0.2, 0.25) is 5.91 Å². The summed E-state index contributed by atoms with van der Waals surface area (Å²) in [7, 11) is 0. The predicted molar refractivity (Wildman–Crippen MR) is 92.5 cm³/mol. The second-order valence-corrected chi connectivity index (χ2v) is 6.06. The van der Waals surface area contributed by atoms with Crippen LogP contribution >= 0.6 is 11.6 Å². The molecule has 4 heteroatoms. The number of ether oxygens (including phenoxy) is 1. The van der Waals surface area contributed by atoms with Gasteiger partial charge in [-0.3, -0.25) is 4.79 Å². The van der Waals surface area contributed by atoms with Gasteiger partial charge in [-0.2, -0.15) is 0 Å². The Balaban J connectivity index is 2.11. The van der Waals surface area contributed by atoms with Gasteiger partial charge < -0.3 is 10.1 Å². The fourth-order valence-corrected chi connectivity index (χ4v) is 2.37. The lowest BCUT2D eigenvalue weighted by atomic mass is 9.99. The van der Waals surface area contributed by atoms with E-state index in [0.717, 1.165) is 25.1 Å². The van der Waals surface area contributed by atoms with Gasteiger partial charge in [-0.05, 0) is 43.0 Å². The Morgan fingerprint density at radius 3 is 2.59 bits per heavy atom. The quantitative estimate of drug-likeness (QED) is 0.592. The van der Waals surface area contributed by atoms with Crippen LogP contribution in [0.4, 0.5) is 0 Å². The average molecular weight is 326 g/mol. The zero-order valence-electron chi connectivity index (χ0n) is 13.7. The minimum Gasteiger partial charge on any atom is -0.494 e. The van der Waals surface area contributed by atoms with E-state index in [1.54, 1.807) is 12.1 Å². The van der Waals surface area contributed by atoms with Crippen LogP contribution in [0.15, 0.2) is 24.3 Å². The fourth-order valence-electron chi connectivity index (χ4n) is 2.24. The Morgan fingerprint density at radius 1 is 1.23 bits per heavy atom. The molecule has 0 aliphatic carbocycles. The summed E-state index contributed by atoms with van der Waals surface area (Å²) < 4.78 is 5.57. The molecule has 1 rings (SSSR count). The SMILES string of the molecule is CCCC[C@H](CC)CNC(=O)CCCOc1ccc(Cl)cc1. The first-order valence-corrected chi connectivity index (χ1v) is 8.68. The van der Waals surface area contributed by atoms with Gasteiger partial charge in [-0.25, -0.2) is 0 Å². The molecule has 0 saturated heterocycles. The summed E-state index contributed by atoms with van der Waals surface area (Å²) in [5, 5.41) is 3.73. The van der Waals surface area contributed by atoms with E-state index < -0.39 is 0 Å². The normalized spacial score (nSPS) is 12.0. The monoisotopic (exact) mass is 325 g/mol. The fraction of sp³-hybridized carbons (Fsp3) is 0.611. The summed E-state index contributed by atoms with van der Waals surface area (Å²) in [6.07, 6.45) is 6.01. The van der Waals surface area contributed by atoms with Crippen molar-refractivity contribution in [2.24, 2.45) is 5.92 Å². The van der Waals surface area contributed by atoms with Crippen LogP contribution in [0.5, 0.6) is 5.75 Å². The third-order valence-electron chi connectivity index (χ3n) is 3.76. The van der Waals surface area contributed by atoms with E-state index in [0.29, 0.717) is 24.0 Å². The molecule has 1 aromatic rings. The summed E-state index contributed by atoms with van der Waals surface area (Å²) in [6.45, 7) is 5.73. The van der Waals surface area contributed by atoms with Gasteiger partial charge in [0.05, 0.1) is 6.61 Å². The van der Waals surface area contributed by atoms with E-state index in [-0.39, 0.29) is 5.91 Å². The molecule has 3 nitrogen and oxygen atoms in total. The van der Waals surface area contributed by atoms with Crippen molar-refractivity contribution in [3.63, 3.8) is 0 Å². The topological polar surface area (TPSA) is 38.3 Å². The molecule has 0 aliphatic heterocycles. The Hall–Kier alpha value is -1.22. The molecule has 0 saturated carbocycles. The van der Waals surface area contributed by atoms with E-state index in [1.807, 2.05) is 12.1 Å². The molecule has 0 bridgehead atoms. The minimum atomic E-state index is 0.120. The minimum absolute atomic E-state index is 0.120. The van der Waals surface area contributed by atoms with E-state index in [2.05, 4.69) is 19.2 Å². The highest BCUT2D eigenvalue weighted by atomic mass is 35.5. The van der Waals surface area contributed by atoms with Crippen molar-refractivity contribution < 1.29 is 9.53 Å². The van der Waals surface area contributed by atoms with Crippen LogP contribution in [0.1, 0.15) is 52.4 Å². The number of rotatable bonds is 11. The summed E-state index contributed by atoms with van der Waals surface area (Å²) in [5.41, 5.74) is 0. The smallest absolute Gasteiger partial charge is 0.220 e. The maximum Gasteiger partial charge on any atom is 0.220 e.